The monoisotopic (exact) mass is 423 g/mol. The van der Waals surface area contributed by atoms with Gasteiger partial charge in [0.1, 0.15) is 17.4 Å². The highest BCUT2D eigenvalue weighted by atomic mass is 35.5. The molecule has 9 nitrogen and oxygen atoms in total. The molecule has 4 rings (SSSR count). The Morgan fingerprint density at radius 2 is 1.93 bits per heavy atom. The molecule has 0 spiro atoms. The highest BCUT2D eigenvalue weighted by molar-refractivity contribution is 6.32. The molecule has 0 unspecified atom stereocenters. The zero-order valence-electron chi connectivity index (χ0n) is 16.3. The van der Waals surface area contributed by atoms with Gasteiger partial charge in [0.15, 0.2) is 5.82 Å². The van der Waals surface area contributed by atoms with Crippen molar-refractivity contribution < 1.29 is 9.53 Å². The molecule has 2 aromatic carbocycles. The van der Waals surface area contributed by atoms with Crippen molar-refractivity contribution in [1.29, 1.82) is 0 Å². The quantitative estimate of drug-likeness (QED) is 0.493. The first-order chi connectivity index (χ1) is 14.5. The summed E-state index contributed by atoms with van der Waals surface area (Å²) in [6.45, 7) is 1.91. The number of benzene rings is 2. The molecule has 2 aromatic heterocycles. The first kappa shape index (κ1) is 19.6. The summed E-state index contributed by atoms with van der Waals surface area (Å²) in [5.41, 5.74) is 1.49. The van der Waals surface area contributed by atoms with Crippen LogP contribution >= 0.6 is 11.6 Å². The second-order valence-corrected chi connectivity index (χ2v) is 6.77. The van der Waals surface area contributed by atoms with Crippen molar-refractivity contribution in [1.82, 2.24) is 35.3 Å². The average Bonchev–Trinajstić information content (AvgIpc) is 3.39. The van der Waals surface area contributed by atoms with Gasteiger partial charge in [0.2, 0.25) is 5.82 Å². The molecule has 0 bridgehead atoms. The number of aromatic amines is 1. The summed E-state index contributed by atoms with van der Waals surface area (Å²) < 4.78 is 6.68. The van der Waals surface area contributed by atoms with Gasteiger partial charge in [0.05, 0.1) is 24.4 Å². The molecule has 0 aliphatic rings. The first-order valence-corrected chi connectivity index (χ1v) is 9.45. The Bertz CT molecular complexity index is 1180. The van der Waals surface area contributed by atoms with Crippen molar-refractivity contribution in [2.24, 2.45) is 0 Å². The predicted molar refractivity (Wildman–Crippen MR) is 111 cm³/mol. The molecule has 0 fully saturated rings. The third-order valence-electron chi connectivity index (χ3n) is 4.35. The Morgan fingerprint density at radius 3 is 2.67 bits per heavy atom. The standard InChI is InChI=1S/C20H18ClN7O2/c1-12-23-19(27-28(12)16-6-4-3-5-15(16)21)20(29)22-11-17-24-18(26-25-17)13-7-9-14(30-2)10-8-13/h3-10H,11H2,1-2H3,(H,22,29)(H,24,25,26). The Morgan fingerprint density at radius 1 is 1.17 bits per heavy atom. The van der Waals surface area contributed by atoms with Gasteiger partial charge in [-0.25, -0.2) is 14.6 Å². The molecule has 2 heterocycles. The van der Waals surface area contributed by atoms with E-state index in [0.29, 0.717) is 28.2 Å². The van der Waals surface area contributed by atoms with E-state index in [2.05, 4.69) is 30.6 Å². The van der Waals surface area contributed by atoms with Crippen LogP contribution in [0.5, 0.6) is 5.75 Å². The van der Waals surface area contributed by atoms with E-state index in [4.69, 9.17) is 16.3 Å². The summed E-state index contributed by atoms with van der Waals surface area (Å²) in [4.78, 5) is 21.1. The van der Waals surface area contributed by atoms with Crippen molar-refractivity contribution in [3.05, 3.63) is 71.0 Å². The number of H-pyrrole nitrogens is 1. The molecule has 0 saturated heterocycles. The van der Waals surface area contributed by atoms with Crippen molar-refractivity contribution in [2.75, 3.05) is 7.11 Å². The second kappa shape index (κ2) is 8.34. The number of nitrogens with zero attached hydrogens (tertiary/aromatic N) is 5. The highest BCUT2D eigenvalue weighted by Crippen LogP contribution is 2.20. The topological polar surface area (TPSA) is 111 Å². The van der Waals surface area contributed by atoms with Crippen LogP contribution in [-0.4, -0.2) is 43.0 Å². The predicted octanol–water partition coefficient (Wildman–Crippen LogP) is 2.95. The molecule has 0 saturated carbocycles. The lowest BCUT2D eigenvalue weighted by molar-refractivity contribution is 0.0939. The molecule has 152 valence electrons. The van der Waals surface area contributed by atoms with Gasteiger partial charge in [-0.15, -0.1) is 5.10 Å². The summed E-state index contributed by atoms with van der Waals surface area (Å²) in [5, 5.41) is 14.5. The maximum atomic E-state index is 12.5. The molecule has 0 aliphatic heterocycles. The summed E-state index contributed by atoms with van der Waals surface area (Å²) >= 11 is 6.22. The third-order valence-corrected chi connectivity index (χ3v) is 4.67. The van der Waals surface area contributed by atoms with Crippen LogP contribution in [0, 0.1) is 6.92 Å². The minimum atomic E-state index is -0.425. The molecule has 10 heteroatoms. The van der Waals surface area contributed by atoms with Crippen molar-refractivity contribution in [3.63, 3.8) is 0 Å². The third kappa shape index (κ3) is 4.01. The van der Waals surface area contributed by atoms with Crippen LogP contribution in [-0.2, 0) is 6.54 Å². The van der Waals surface area contributed by atoms with E-state index in [1.165, 1.54) is 4.68 Å². The van der Waals surface area contributed by atoms with Crippen molar-refractivity contribution in [2.45, 2.75) is 13.5 Å². The fourth-order valence-electron chi connectivity index (χ4n) is 2.82. The highest BCUT2D eigenvalue weighted by Gasteiger charge is 2.17. The molecule has 0 radical (unpaired) electrons. The number of hydrogen-bond donors (Lipinski definition) is 2. The number of halogens is 1. The van der Waals surface area contributed by atoms with Crippen LogP contribution in [0.25, 0.3) is 17.1 Å². The number of nitrogens with one attached hydrogen (secondary N) is 2. The summed E-state index contributed by atoms with van der Waals surface area (Å²) in [6, 6.07) is 14.6. The summed E-state index contributed by atoms with van der Waals surface area (Å²) in [5.74, 6) is 1.96. The maximum Gasteiger partial charge on any atom is 0.291 e. The van der Waals surface area contributed by atoms with E-state index >= 15 is 0 Å². The van der Waals surface area contributed by atoms with Crippen molar-refractivity contribution in [3.8, 4) is 22.8 Å². The van der Waals surface area contributed by atoms with E-state index < -0.39 is 5.91 Å². The first-order valence-electron chi connectivity index (χ1n) is 9.07. The summed E-state index contributed by atoms with van der Waals surface area (Å²) in [6.07, 6.45) is 0. The normalized spacial score (nSPS) is 10.8. The largest absolute Gasteiger partial charge is 0.497 e. The number of hydrogen-bond acceptors (Lipinski definition) is 6. The number of ether oxygens (including phenoxy) is 1. The second-order valence-electron chi connectivity index (χ2n) is 6.36. The fraction of sp³-hybridized carbons (Fsp3) is 0.150. The zero-order valence-corrected chi connectivity index (χ0v) is 17.0. The number of aromatic nitrogens is 6. The van der Waals surface area contributed by atoms with Gasteiger partial charge in [0.25, 0.3) is 5.91 Å². The van der Waals surface area contributed by atoms with Gasteiger partial charge in [-0.1, -0.05) is 23.7 Å². The molecule has 1 amide bonds. The van der Waals surface area contributed by atoms with Gasteiger partial charge in [-0.2, -0.15) is 5.10 Å². The molecular formula is C20H18ClN7O2. The number of rotatable bonds is 6. The van der Waals surface area contributed by atoms with E-state index in [1.54, 1.807) is 26.2 Å². The van der Waals surface area contributed by atoms with Gasteiger partial charge in [-0.3, -0.25) is 9.89 Å². The Hall–Kier alpha value is -3.72. The van der Waals surface area contributed by atoms with Crippen LogP contribution in [0.3, 0.4) is 0 Å². The van der Waals surface area contributed by atoms with Crippen molar-refractivity contribution >= 4 is 17.5 Å². The number of carbonyl (C=O) groups is 1. The Labute approximate surface area is 177 Å². The number of aryl methyl sites for hydroxylation is 1. The summed E-state index contributed by atoms with van der Waals surface area (Å²) in [7, 11) is 1.61. The number of amides is 1. The molecule has 2 N–H and O–H groups in total. The van der Waals surface area contributed by atoms with Gasteiger partial charge < -0.3 is 10.1 Å². The maximum absolute atomic E-state index is 12.5. The SMILES string of the molecule is COc1ccc(-c2n[nH]c(CNC(=O)c3nc(C)n(-c4ccccc4Cl)n3)n2)cc1. The van der Waals surface area contributed by atoms with Gasteiger partial charge in [0, 0.05) is 5.56 Å². The lowest BCUT2D eigenvalue weighted by Gasteiger charge is -2.04. The Kier molecular flexibility index (Phi) is 5.44. The van der Waals surface area contributed by atoms with E-state index in [-0.39, 0.29) is 12.4 Å². The molecule has 0 atom stereocenters. The molecule has 0 aliphatic carbocycles. The molecular weight excluding hydrogens is 406 g/mol. The number of para-hydroxylation sites is 1. The molecule has 4 aromatic rings. The van der Waals surface area contributed by atoms with Crippen LogP contribution in [0.15, 0.2) is 48.5 Å². The van der Waals surface area contributed by atoms with Crippen LogP contribution < -0.4 is 10.1 Å². The Balaban J connectivity index is 1.44. The smallest absolute Gasteiger partial charge is 0.291 e. The van der Waals surface area contributed by atoms with E-state index in [9.17, 15) is 4.79 Å². The molecule has 30 heavy (non-hydrogen) atoms. The van der Waals surface area contributed by atoms with Gasteiger partial charge >= 0.3 is 0 Å². The zero-order chi connectivity index (χ0) is 21.1. The van der Waals surface area contributed by atoms with Crippen LogP contribution in [0.4, 0.5) is 0 Å². The number of carbonyl (C=O) groups excluding carboxylic acids is 1. The number of methoxy groups -OCH3 is 1. The fourth-order valence-corrected chi connectivity index (χ4v) is 3.04. The van der Waals surface area contributed by atoms with Crippen LogP contribution in [0.1, 0.15) is 22.3 Å². The lowest BCUT2D eigenvalue weighted by atomic mass is 10.2. The van der Waals surface area contributed by atoms with Gasteiger partial charge in [-0.05, 0) is 43.3 Å². The van der Waals surface area contributed by atoms with E-state index in [0.717, 1.165) is 11.3 Å². The van der Waals surface area contributed by atoms with E-state index in [1.807, 2.05) is 36.4 Å². The minimum absolute atomic E-state index is 0.0438. The minimum Gasteiger partial charge on any atom is -0.497 e. The lowest BCUT2D eigenvalue weighted by Crippen LogP contribution is -2.24. The average molecular weight is 424 g/mol. The van der Waals surface area contributed by atoms with Crippen LogP contribution in [0.2, 0.25) is 5.02 Å².